The third-order valence-electron chi connectivity index (χ3n) is 3.10. The molecule has 2 rings (SSSR count). The van der Waals surface area contributed by atoms with E-state index in [-0.39, 0.29) is 12.4 Å². The number of halogens is 1. The largest absolute Gasteiger partial charge is 0.326 e. The topological polar surface area (TPSA) is 29.3 Å². The number of nitrogens with two attached hydrogens (primary N) is 1. The van der Waals surface area contributed by atoms with E-state index in [1.165, 1.54) is 38.6 Å². The van der Waals surface area contributed by atoms with Crippen LogP contribution in [0.5, 0.6) is 0 Å². The fraction of sp³-hybridized carbons (Fsp3) is 1.00. The number of rotatable bonds is 1. The van der Waals surface area contributed by atoms with Crippen LogP contribution in [-0.2, 0) is 0 Å². The van der Waals surface area contributed by atoms with Crippen molar-refractivity contribution in [2.45, 2.75) is 44.2 Å². The number of hydrogen-bond donors (Lipinski definition) is 1. The van der Waals surface area contributed by atoms with Crippen LogP contribution in [0.1, 0.15) is 32.1 Å². The van der Waals surface area contributed by atoms with Gasteiger partial charge in [0, 0.05) is 25.2 Å². The Morgan fingerprint density at radius 2 is 1.75 bits per heavy atom. The van der Waals surface area contributed by atoms with Crippen LogP contribution in [0, 0.1) is 0 Å². The molecule has 0 aromatic rings. The van der Waals surface area contributed by atoms with E-state index in [1.807, 2.05) is 0 Å². The van der Waals surface area contributed by atoms with E-state index in [0.717, 1.165) is 12.6 Å². The molecule has 0 bridgehead atoms. The van der Waals surface area contributed by atoms with E-state index in [2.05, 4.69) is 4.90 Å². The second-order valence-electron chi connectivity index (χ2n) is 3.98. The minimum Gasteiger partial charge on any atom is -0.326 e. The summed E-state index contributed by atoms with van der Waals surface area (Å²) in [6.45, 7) is 2.41. The van der Waals surface area contributed by atoms with Crippen LogP contribution in [0.25, 0.3) is 0 Å². The average Bonchev–Trinajstić information content (AvgIpc) is 2.55. The van der Waals surface area contributed by atoms with Crippen LogP contribution in [0.3, 0.4) is 0 Å². The summed E-state index contributed by atoms with van der Waals surface area (Å²) in [4.78, 5) is 2.59. The van der Waals surface area contributed by atoms with Gasteiger partial charge in [0.05, 0.1) is 0 Å². The zero-order chi connectivity index (χ0) is 7.68. The molecule has 1 saturated heterocycles. The predicted octanol–water partition coefficient (Wildman–Crippen LogP) is 1.38. The van der Waals surface area contributed by atoms with Crippen LogP contribution in [0.2, 0.25) is 0 Å². The molecule has 12 heavy (non-hydrogen) atoms. The van der Waals surface area contributed by atoms with Crippen molar-refractivity contribution in [2.24, 2.45) is 5.73 Å². The fourth-order valence-corrected chi connectivity index (χ4v) is 2.42. The molecule has 2 fully saturated rings. The SMILES string of the molecule is Cl.NC1CCN(C2CCCC2)C1. The maximum absolute atomic E-state index is 5.85. The van der Waals surface area contributed by atoms with E-state index < -0.39 is 0 Å². The third kappa shape index (κ3) is 2.12. The lowest BCUT2D eigenvalue weighted by Crippen LogP contribution is -2.33. The molecule has 1 aliphatic heterocycles. The zero-order valence-electron chi connectivity index (χ0n) is 7.54. The second-order valence-corrected chi connectivity index (χ2v) is 3.98. The quantitative estimate of drug-likeness (QED) is 0.677. The molecule has 0 aromatic heterocycles. The Labute approximate surface area is 80.9 Å². The summed E-state index contributed by atoms with van der Waals surface area (Å²) >= 11 is 0. The van der Waals surface area contributed by atoms with Gasteiger partial charge in [0.15, 0.2) is 0 Å². The summed E-state index contributed by atoms with van der Waals surface area (Å²) in [7, 11) is 0. The summed E-state index contributed by atoms with van der Waals surface area (Å²) in [5, 5.41) is 0. The summed E-state index contributed by atoms with van der Waals surface area (Å²) in [6, 6.07) is 1.36. The second kappa shape index (κ2) is 4.45. The molecule has 72 valence electrons. The Morgan fingerprint density at radius 3 is 2.25 bits per heavy atom. The minimum absolute atomic E-state index is 0. The van der Waals surface area contributed by atoms with Gasteiger partial charge < -0.3 is 5.73 Å². The first-order valence-corrected chi connectivity index (χ1v) is 4.86. The van der Waals surface area contributed by atoms with E-state index >= 15 is 0 Å². The van der Waals surface area contributed by atoms with E-state index in [4.69, 9.17) is 5.73 Å². The molecule has 1 saturated carbocycles. The van der Waals surface area contributed by atoms with Gasteiger partial charge in [-0.2, -0.15) is 0 Å². The zero-order valence-corrected chi connectivity index (χ0v) is 8.35. The normalized spacial score (nSPS) is 32.2. The molecule has 2 aliphatic rings. The molecule has 1 aliphatic carbocycles. The molecular formula is C9H19ClN2. The monoisotopic (exact) mass is 190 g/mol. The minimum atomic E-state index is 0. The Balaban J connectivity index is 0.000000720. The Morgan fingerprint density at radius 1 is 1.08 bits per heavy atom. The highest BCUT2D eigenvalue weighted by atomic mass is 35.5. The Kier molecular flexibility index (Phi) is 3.81. The van der Waals surface area contributed by atoms with Crippen LogP contribution in [0.4, 0.5) is 0 Å². The highest BCUT2D eigenvalue weighted by molar-refractivity contribution is 5.85. The molecule has 3 heteroatoms. The van der Waals surface area contributed by atoms with E-state index in [0.29, 0.717) is 6.04 Å². The summed E-state index contributed by atoms with van der Waals surface area (Å²) in [5.74, 6) is 0. The Bertz CT molecular complexity index is 134. The first-order valence-electron chi connectivity index (χ1n) is 4.86. The van der Waals surface area contributed by atoms with E-state index in [9.17, 15) is 0 Å². The predicted molar refractivity (Wildman–Crippen MR) is 53.7 cm³/mol. The van der Waals surface area contributed by atoms with Crippen molar-refractivity contribution < 1.29 is 0 Å². The van der Waals surface area contributed by atoms with Gasteiger partial charge >= 0.3 is 0 Å². The first-order chi connectivity index (χ1) is 5.36. The molecular weight excluding hydrogens is 172 g/mol. The van der Waals surface area contributed by atoms with Gasteiger partial charge in [-0.05, 0) is 19.3 Å². The summed E-state index contributed by atoms with van der Waals surface area (Å²) in [5.41, 5.74) is 5.85. The van der Waals surface area contributed by atoms with Crippen molar-refractivity contribution in [1.29, 1.82) is 0 Å². The molecule has 2 nitrogen and oxygen atoms in total. The average molecular weight is 191 g/mol. The lowest BCUT2D eigenvalue weighted by atomic mass is 10.2. The number of nitrogens with zero attached hydrogens (tertiary/aromatic N) is 1. The van der Waals surface area contributed by atoms with Gasteiger partial charge in [0.1, 0.15) is 0 Å². The van der Waals surface area contributed by atoms with Crippen molar-refractivity contribution in [3.63, 3.8) is 0 Å². The van der Waals surface area contributed by atoms with Gasteiger partial charge in [-0.3, -0.25) is 4.90 Å². The molecule has 1 unspecified atom stereocenters. The molecule has 0 aromatic carbocycles. The number of likely N-dealkylation sites (tertiary alicyclic amines) is 1. The standard InChI is InChI=1S/C9H18N2.ClH/c10-8-5-6-11(7-8)9-3-1-2-4-9;/h8-9H,1-7,10H2;1H. The molecule has 2 N–H and O–H groups in total. The first kappa shape index (κ1) is 10.3. The Hall–Kier alpha value is 0.210. The lowest BCUT2D eigenvalue weighted by molar-refractivity contribution is 0.243. The van der Waals surface area contributed by atoms with Crippen molar-refractivity contribution in [3.8, 4) is 0 Å². The third-order valence-corrected chi connectivity index (χ3v) is 3.10. The van der Waals surface area contributed by atoms with Gasteiger partial charge in [0.2, 0.25) is 0 Å². The van der Waals surface area contributed by atoms with Crippen molar-refractivity contribution in [1.82, 2.24) is 4.90 Å². The lowest BCUT2D eigenvalue weighted by Gasteiger charge is -2.22. The molecule has 0 spiro atoms. The maximum atomic E-state index is 5.85. The fourth-order valence-electron chi connectivity index (χ4n) is 2.42. The van der Waals surface area contributed by atoms with Crippen LogP contribution < -0.4 is 5.73 Å². The van der Waals surface area contributed by atoms with Crippen LogP contribution >= 0.6 is 12.4 Å². The molecule has 1 heterocycles. The van der Waals surface area contributed by atoms with Crippen molar-refractivity contribution in [2.75, 3.05) is 13.1 Å². The molecule has 0 radical (unpaired) electrons. The maximum Gasteiger partial charge on any atom is 0.0180 e. The van der Waals surface area contributed by atoms with Gasteiger partial charge in [-0.15, -0.1) is 12.4 Å². The summed E-state index contributed by atoms with van der Waals surface area (Å²) < 4.78 is 0. The van der Waals surface area contributed by atoms with Crippen LogP contribution in [0.15, 0.2) is 0 Å². The summed E-state index contributed by atoms with van der Waals surface area (Å²) in [6.07, 6.45) is 6.95. The van der Waals surface area contributed by atoms with Gasteiger partial charge in [0.25, 0.3) is 0 Å². The van der Waals surface area contributed by atoms with Crippen molar-refractivity contribution in [3.05, 3.63) is 0 Å². The van der Waals surface area contributed by atoms with Crippen molar-refractivity contribution >= 4 is 12.4 Å². The highest BCUT2D eigenvalue weighted by Crippen LogP contribution is 2.25. The van der Waals surface area contributed by atoms with Gasteiger partial charge in [-0.25, -0.2) is 0 Å². The van der Waals surface area contributed by atoms with E-state index in [1.54, 1.807) is 0 Å². The highest BCUT2D eigenvalue weighted by Gasteiger charge is 2.27. The number of hydrogen-bond acceptors (Lipinski definition) is 2. The molecule has 0 amide bonds. The smallest absolute Gasteiger partial charge is 0.0180 e. The van der Waals surface area contributed by atoms with Gasteiger partial charge in [-0.1, -0.05) is 12.8 Å². The van der Waals surface area contributed by atoms with Crippen LogP contribution in [-0.4, -0.2) is 30.1 Å². The molecule has 1 atom stereocenters.